The van der Waals surface area contributed by atoms with Crippen molar-refractivity contribution in [3.63, 3.8) is 0 Å². The monoisotopic (exact) mass is 293 g/mol. The van der Waals surface area contributed by atoms with Crippen molar-refractivity contribution in [3.05, 3.63) is 35.6 Å². The number of hydrogen-bond acceptors (Lipinski definition) is 1. The third-order valence-electron chi connectivity index (χ3n) is 4.24. The minimum Gasteiger partial charge on any atom is -0.317 e. The standard InChI is InChI=1S/C19H32FN/c1-3-4-5-6-7-8-9-10-14-18(21-2)16-17-13-11-12-15-19(17)20/h11-13,15,18,21H,3-10,14,16H2,1-2H3. The van der Waals surface area contributed by atoms with Crippen LogP contribution in [0.5, 0.6) is 0 Å². The molecule has 0 aliphatic carbocycles. The highest BCUT2D eigenvalue weighted by Gasteiger charge is 2.09. The normalized spacial score (nSPS) is 12.5. The van der Waals surface area contributed by atoms with Crippen molar-refractivity contribution in [1.29, 1.82) is 0 Å². The summed E-state index contributed by atoms with van der Waals surface area (Å²) in [6, 6.07) is 7.51. The average Bonchev–Trinajstić information content (AvgIpc) is 2.50. The van der Waals surface area contributed by atoms with Gasteiger partial charge in [0.05, 0.1) is 0 Å². The van der Waals surface area contributed by atoms with Gasteiger partial charge in [-0.05, 0) is 31.5 Å². The van der Waals surface area contributed by atoms with Gasteiger partial charge in [-0.15, -0.1) is 0 Å². The van der Waals surface area contributed by atoms with Crippen LogP contribution in [0.2, 0.25) is 0 Å². The highest BCUT2D eigenvalue weighted by Crippen LogP contribution is 2.14. The lowest BCUT2D eigenvalue weighted by atomic mass is 9.99. The first-order valence-electron chi connectivity index (χ1n) is 8.68. The van der Waals surface area contributed by atoms with E-state index in [-0.39, 0.29) is 5.82 Å². The molecule has 0 bridgehead atoms. The molecule has 0 saturated heterocycles. The van der Waals surface area contributed by atoms with Crippen molar-refractivity contribution in [1.82, 2.24) is 5.32 Å². The number of halogens is 1. The van der Waals surface area contributed by atoms with Crippen LogP contribution in [0.3, 0.4) is 0 Å². The predicted molar refractivity (Wildman–Crippen MR) is 90.2 cm³/mol. The van der Waals surface area contributed by atoms with Crippen LogP contribution in [0.15, 0.2) is 24.3 Å². The Hall–Kier alpha value is -0.890. The van der Waals surface area contributed by atoms with E-state index in [1.807, 2.05) is 19.2 Å². The van der Waals surface area contributed by atoms with Gasteiger partial charge in [0.25, 0.3) is 0 Å². The van der Waals surface area contributed by atoms with Crippen LogP contribution in [0.25, 0.3) is 0 Å². The van der Waals surface area contributed by atoms with E-state index in [1.54, 1.807) is 12.1 Å². The van der Waals surface area contributed by atoms with Gasteiger partial charge in [0.1, 0.15) is 5.82 Å². The summed E-state index contributed by atoms with van der Waals surface area (Å²) in [4.78, 5) is 0. The topological polar surface area (TPSA) is 12.0 Å². The van der Waals surface area contributed by atoms with Crippen LogP contribution in [0, 0.1) is 5.82 Å². The van der Waals surface area contributed by atoms with Crippen molar-refractivity contribution in [2.75, 3.05) is 7.05 Å². The van der Waals surface area contributed by atoms with E-state index in [4.69, 9.17) is 0 Å². The molecule has 0 aliphatic rings. The summed E-state index contributed by atoms with van der Waals surface area (Å²) in [5.74, 6) is -0.0753. The molecular formula is C19H32FN. The van der Waals surface area contributed by atoms with Gasteiger partial charge < -0.3 is 5.32 Å². The highest BCUT2D eigenvalue weighted by atomic mass is 19.1. The Morgan fingerprint density at radius 2 is 1.57 bits per heavy atom. The lowest BCUT2D eigenvalue weighted by molar-refractivity contribution is 0.469. The average molecular weight is 293 g/mol. The number of hydrogen-bond donors (Lipinski definition) is 1. The second-order valence-corrected chi connectivity index (χ2v) is 6.04. The maximum absolute atomic E-state index is 13.6. The molecule has 1 rings (SSSR count). The van der Waals surface area contributed by atoms with Gasteiger partial charge in [-0.1, -0.05) is 76.5 Å². The van der Waals surface area contributed by atoms with Crippen molar-refractivity contribution in [2.45, 2.75) is 77.2 Å². The molecule has 0 spiro atoms. The minimum absolute atomic E-state index is 0.0753. The molecule has 0 aromatic heterocycles. The fourth-order valence-electron chi connectivity index (χ4n) is 2.80. The zero-order valence-corrected chi connectivity index (χ0v) is 13.8. The first-order chi connectivity index (χ1) is 10.3. The highest BCUT2D eigenvalue weighted by molar-refractivity contribution is 5.18. The third-order valence-corrected chi connectivity index (χ3v) is 4.24. The van der Waals surface area contributed by atoms with E-state index in [0.29, 0.717) is 6.04 Å². The zero-order chi connectivity index (χ0) is 15.3. The fraction of sp³-hybridized carbons (Fsp3) is 0.684. The van der Waals surface area contributed by atoms with Gasteiger partial charge in [-0.3, -0.25) is 0 Å². The van der Waals surface area contributed by atoms with Crippen molar-refractivity contribution >= 4 is 0 Å². The second-order valence-electron chi connectivity index (χ2n) is 6.04. The molecule has 1 aromatic rings. The largest absolute Gasteiger partial charge is 0.317 e. The van der Waals surface area contributed by atoms with Gasteiger partial charge >= 0.3 is 0 Å². The lowest BCUT2D eigenvalue weighted by Crippen LogP contribution is -2.27. The third kappa shape index (κ3) is 8.21. The summed E-state index contributed by atoms with van der Waals surface area (Å²) >= 11 is 0. The molecule has 1 nitrogen and oxygen atoms in total. The Morgan fingerprint density at radius 1 is 0.952 bits per heavy atom. The Labute approximate surface area is 130 Å². The molecule has 0 heterocycles. The molecule has 1 unspecified atom stereocenters. The molecule has 0 amide bonds. The lowest BCUT2D eigenvalue weighted by Gasteiger charge is -2.16. The molecule has 1 atom stereocenters. The van der Waals surface area contributed by atoms with Crippen molar-refractivity contribution < 1.29 is 4.39 Å². The minimum atomic E-state index is -0.0753. The van der Waals surface area contributed by atoms with E-state index < -0.39 is 0 Å². The van der Waals surface area contributed by atoms with Crippen LogP contribution < -0.4 is 5.32 Å². The summed E-state index contributed by atoms with van der Waals surface area (Å²) in [5, 5.41) is 3.33. The Kier molecular flexibility index (Phi) is 10.1. The zero-order valence-electron chi connectivity index (χ0n) is 13.8. The molecule has 1 N–H and O–H groups in total. The molecule has 2 heteroatoms. The summed E-state index contributed by atoms with van der Waals surface area (Å²) in [7, 11) is 1.98. The van der Waals surface area contributed by atoms with Crippen LogP contribution in [-0.2, 0) is 6.42 Å². The Bertz CT molecular complexity index is 364. The van der Waals surface area contributed by atoms with Crippen LogP contribution in [0.1, 0.15) is 70.3 Å². The first kappa shape index (κ1) is 18.2. The molecule has 0 radical (unpaired) electrons. The molecule has 0 saturated carbocycles. The van der Waals surface area contributed by atoms with Crippen LogP contribution in [-0.4, -0.2) is 13.1 Å². The first-order valence-corrected chi connectivity index (χ1v) is 8.68. The van der Waals surface area contributed by atoms with E-state index in [0.717, 1.165) is 18.4 Å². The summed E-state index contributed by atoms with van der Waals surface area (Å²) in [5.41, 5.74) is 0.830. The number of nitrogens with one attached hydrogen (secondary N) is 1. The fourth-order valence-corrected chi connectivity index (χ4v) is 2.80. The quantitative estimate of drug-likeness (QED) is 0.503. The van der Waals surface area contributed by atoms with Gasteiger partial charge in [-0.2, -0.15) is 0 Å². The summed E-state index contributed by atoms with van der Waals surface area (Å²) < 4.78 is 13.6. The second kappa shape index (κ2) is 11.7. The molecular weight excluding hydrogens is 261 g/mol. The van der Waals surface area contributed by atoms with Gasteiger partial charge in [0.2, 0.25) is 0 Å². The van der Waals surface area contributed by atoms with Crippen molar-refractivity contribution in [2.24, 2.45) is 0 Å². The van der Waals surface area contributed by atoms with Gasteiger partial charge in [0.15, 0.2) is 0 Å². The van der Waals surface area contributed by atoms with E-state index >= 15 is 0 Å². The number of benzene rings is 1. The Balaban J connectivity index is 2.13. The number of unbranched alkanes of at least 4 members (excludes halogenated alkanes) is 7. The predicted octanol–water partition coefficient (Wildman–Crippen LogP) is 5.49. The van der Waals surface area contributed by atoms with E-state index in [9.17, 15) is 4.39 Å². The smallest absolute Gasteiger partial charge is 0.126 e. The van der Waals surface area contributed by atoms with Crippen LogP contribution in [0.4, 0.5) is 4.39 Å². The molecule has 0 fully saturated rings. The van der Waals surface area contributed by atoms with Gasteiger partial charge in [0, 0.05) is 6.04 Å². The Morgan fingerprint density at radius 3 is 2.19 bits per heavy atom. The molecule has 120 valence electrons. The summed E-state index contributed by atoms with van der Waals surface area (Å²) in [6.45, 7) is 2.26. The molecule has 0 aliphatic heterocycles. The van der Waals surface area contributed by atoms with Crippen molar-refractivity contribution in [3.8, 4) is 0 Å². The number of likely N-dealkylation sites (N-methyl/N-ethyl adjacent to an activating group) is 1. The molecule has 1 aromatic carbocycles. The van der Waals surface area contributed by atoms with E-state index in [2.05, 4.69) is 12.2 Å². The SMILES string of the molecule is CCCCCCCCCCC(Cc1ccccc1F)NC. The maximum atomic E-state index is 13.6. The van der Waals surface area contributed by atoms with Gasteiger partial charge in [-0.25, -0.2) is 4.39 Å². The molecule has 21 heavy (non-hydrogen) atoms. The maximum Gasteiger partial charge on any atom is 0.126 e. The number of rotatable bonds is 12. The van der Waals surface area contributed by atoms with E-state index in [1.165, 1.54) is 51.4 Å². The summed E-state index contributed by atoms with van der Waals surface area (Å²) in [6.07, 6.45) is 12.7. The van der Waals surface area contributed by atoms with Crippen LogP contribution >= 0.6 is 0 Å².